The number of hydrogen-bond donors (Lipinski definition) is 2. The van der Waals surface area contributed by atoms with Crippen molar-refractivity contribution in [1.82, 2.24) is 24.1 Å². The molecule has 0 amide bonds. The number of anilines is 2. The van der Waals surface area contributed by atoms with Crippen LogP contribution in [0.1, 0.15) is 24.1 Å². The molecule has 1 aliphatic heterocycles. The molecular formula is C28H30N8O. The summed E-state index contributed by atoms with van der Waals surface area (Å²) in [6.45, 7) is 2.52. The Morgan fingerprint density at radius 3 is 2.70 bits per heavy atom. The van der Waals surface area contributed by atoms with Crippen molar-refractivity contribution in [3.8, 4) is 0 Å². The fourth-order valence-corrected chi connectivity index (χ4v) is 5.14. The quantitative estimate of drug-likeness (QED) is 0.373. The van der Waals surface area contributed by atoms with Crippen molar-refractivity contribution < 1.29 is 0 Å². The van der Waals surface area contributed by atoms with E-state index in [1.165, 1.54) is 0 Å². The van der Waals surface area contributed by atoms with Crippen LogP contribution in [0.4, 0.5) is 11.9 Å². The number of nitrogens with two attached hydrogens (primary N) is 1. The van der Waals surface area contributed by atoms with E-state index in [2.05, 4.69) is 39.5 Å². The van der Waals surface area contributed by atoms with Crippen LogP contribution < -0.4 is 21.5 Å². The van der Waals surface area contributed by atoms with E-state index in [0.717, 1.165) is 47.4 Å². The first kappa shape index (κ1) is 23.2. The van der Waals surface area contributed by atoms with Crippen LogP contribution in [-0.2, 0) is 20.1 Å². The SMILES string of the molecule is Cn1c(NCc2nccc3ccccc23)nc2nc(N3CCCC(N)C3)n(Cc3ccccc3)c2c1=O. The van der Waals surface area contributed by atoms with E-state index >= 15 is 0 Å². The average molecular weight is 495 g/mol. The Bertz CT molecular complexity index is 1620. The molecule has 4 heterocycles. The molecular weight excluding hydrogens is 464 g/mol. The summed E-state index contributed by atoms with van der Waals surface area (Å²) in [7, 11) is 1.74. The molecule has 37 heavy (non-hydrogen) atoms. The summed E-state index contributed by atoms with van der Waals surface area (Å²) in [6, 6.07) is 20.3. The topological polar surface area (TPSA) is 107 Å². The molecule has 0 bridgehead atoms. The molecule has 1 unspecified atom stereocenters. The predicted molar refractivity (Wildman–Crippen MR) is 147 cm³/mol. The Morgan fingerprint density at radius 1 is 1.05 bits per heavy atom. The van der Waals surface area contributed by atoms with Crippen molar-refractivity contribution in [2.24, 2.45) is 12.8 Å². The highest BCUT2D eigenvalue weighted by Gasteiger charge is 2.25. The summed E-state index contributed by atoms with van der Waals surface area (Å²) in [4.78, 5) is 30.1. The molecule has 0 saturated carbocycles. The largest absolute Gasteiger partial charge is 0.350 e. The van der Waals surface area contributed by atoms with Crippen LogP contribution in [-0.4, -0.2) is 43.2 Å². The van der Waals surface area contributed by atoms with Gasteiger partial charge in [-0.15, -0.1) is 0 Å². The molecule has 1 atom stereocenters. The zero-order valence-electron chi connectivity index (χ0n) is 20.8. The Morgan fingerprint density at radius 2 is 1.86 bits per heavy atom. The van der Waals surface area contributed by atoms with Gasteiger partial charge < -0.3 is 16.0 Å². The van der Waals surface area contributed by atoms with E-state index in [-0.39, 0.29) is 11.6 Å². The molecule has 2 aromatic carbocycles. The van der Waals surface area contributed by atoms with Crippen molar-refractivity contribution in [3.05, 3.63) is 88.5 Å². The van der Waals surface area contributed by atoms with Gasteiger partial charge in [0, 0.05) is 37.8 Å². The molecule has 0 spiro atoms. The Hall–Kier alpha value is -4.24. The van der Waals surface area contributed by atoms with Crippen LogP contribution in [0.15, 0.2) is 71.7 Å². The van der Waals surface area contributed by atoms with Crippen molar-refractivity contribution in [3.63, 3.8) is 0 Å². The maximum Gasteiger partial charge on any atom is 0.281 e. The number of nitrogens with zero attached hydrogens (tertiary/aromatic N) is 6. The second kappa shape index (κ2) is 9.67. The van der Waals surface area contributed by atoms with Gasteiger partial charge in [-0.3, -0.25) is 18.9 Å². The van der Waals surface area contributed by atoms with E-state index < -0.39 is 0 Å². The highest BCUT2D eigenvalue weighted by Crippen LogP contribution is 2.25. The first-order valence-corrected chi connectivity index (χ1v) is 12.7. The smallest absolute Gasteiger partial charge is 0.281 e. The van der Waals surface area contributed by atoms with Gasteiger partial charge in [0.2, 0.25) is 11.9 Å². The summed E-state index contributed by atoms with van der Waals surface area (Å²) in [6.07, 6.45) is 3.79. The number of rotatable bonds is 6. The van der Waals surface area contributed by atoms with Gasteiger partial charge in [-0.05, 0) is 29.9 Å². The van der Waals surface area contributed by atoms with E-state index in [9.17, 15) is 4.79 Å². The fourth-order valence-electron chi connectivity index (χ4n) is 5.14. The molecule has 6 rings (SSSR count). The van der Waals surface area contributed by atoms with Crippen LogP contribution in [0, 0.1) is 0 Å². The molecule has 1 saturated heterocycles. The number of benzene rings is 2. The zero-order valence-corrected chi connectivity index (χ0v) is 20.8. The van der Waals surface area contributed by atoms with Gasteiger partial charge >= 0.3 is 0 Å². The molecule has 9 nitrogen and oxygen atoms in total. The lowest BCUT2D eigenvalue weighted by molar-refractivity contribution is 0.495. The van der Waals surface area contributed by atoms with Crippen molar-refractivity contribution in [2.75, 3.05) is 23.3 Å². The van der Waals surface area contributed by atoms with E-state index in [1.807, 2.05) is 41.0 Å². The van der Waals surface area contributed by atoms with Crippen LogP contribution in [0.5, 0.6) is 0 Å². The number of imidazole rings is 1. The van der Waals surface area contributed by atoms with Gasteiger partial charge in [-0.25, -0.2) is 0 Å². The number of pyridine rings is 1. The van der Waals surface area contributed by atoms with Gasteiger partial charge in [0.05, 0.1) is 18.8 Å². The van der Waals surface area contributed by atoms with Gasteiger partial charge in [-0.2, -0.15) is 9.97 Å². The third kappa shape index (κ3) is 4.42. The molecule has 5 aromatic rings. The van der Waals surface area contributed by atoms with Crippen LogP contribution >= 0.6 is 0 Å². The van der Waals surface area contributed by atoms with Gasteiger partial charge in [-0.1, -0.05) is 54.6 Å². The number of nitrogens with one attached hydrogen (secondary N) is 1. The molecule has 3 aromatic heterocycles. The van der Waals surface area contributed by atoms with Crippen LogP contribution in [0.25, 0.3) is 21.9 Å². The second-order valence-electron chi connectivity index (χ2n) is 9.64. The van der Waals surface area contributed by atoms with Crippen molar-refractivity contribution in [1.29, 1.82) is 0 Å². The molecule has 188 valence electrons. The van der Waals surface area contributed by atoms with Crippen molar-refractivity contribution in [2.45, 2.75) is 32.0 Å². The summed E-state index contributed by atoms with van der Waals surface area (Å²) in [5.74, 6) is 1.20. The summed E-state index contributed by atoms with van der Waals surface area (Å²) >= 11 is 0. The van der Waals surface area contributed by atoms with Gasteiger partial charge in [0.1, 0.15) is 0 Å². The molecule has 0 aliphatic carbocycles. The maximum absolute atomic E-state index is 13.7. The highest BCUT2D eigenvalue weighted by atomic mass is 16.1. The normalized spacial score (nSPS) is 15.9. The van der Waals surface area contributed by atoms with Gasteiger partial charge in [0.25, 0.3) is 5.56 Å². The standard InChI is InChI=1S/C28H30N8O/c1-34-26(37)24-25(32-27(34)31-16-23-22-12-6-5-10-20(22)13-14-30-23)33-28(35-15-7-11-21(29)18-35)36(24)17-19-8-3-2-4-9-19/h2-6,8-10,12-14,21H,7,11,15-18,29H2,1H3,(H,31,32). The van der Waals surface area contributed by atoms with Crippen molar-refractivity contribution >= 4 is 33.8 Å². The molecule has 1 aliphatic rings. The minimum atomic E-state index is -0.144. The first-order chi connectivity index (χ1) is 18.1. The first-order valence-electron chi connectivity index (χ1n) is 12.7. The Labute approximate surface area is 214 Å². The van der Waals surface area contributed by atoms with Crippen LogP contribution in [0.3, 0.4) is 0 Å². The summed E-state index contributed by atoms with van der Waals surface area (Å²) < 4.78 is 3.55. The molecule has 1 fully saturated rings. The predicted octanol–water partition coefficient (Wildman–Crippen LogP) is 3.27. The van der Waals surface area contributed by atoms with E-state index in [0.29, 0.717) is 36.7 Å². The lowest BCUT2D eigenvalue weighted by Gasteiger charge is -2.31. The van der Waals surface area contributed by atoms with Crippen LogP contribution in [0.2, 0.25) is 0 Å². The highest BCUT2D eigenvalue weighted by molar-refractivity contribution is 5.84. The maximum atomic E-state index is 13.7. The number of fused-ring (bicyclic) bond motifs is 2. The molecule has 3 N–H and O–H groups in total. The summed E-state index contributed by atoms with van der Waals surface area (Å²) in [5.41, 5.74) is 9.07. The Balaban J connectivity index is 1.41. The minimum Gasteiger partial charge on any atom is -0.350 e. The number of piperidine rings is 1. The molecule has 0 radical (unpaired) electrons. The lowest BCUT2D eigenvalue weighted by atomic mass is 10.1. The number of aromatic nitrogens is 5. The Kier molecular flexibility index (Phi) is 6.05. The van der Waals surface area contributed by atoms with Gasteiger partial charge in [0.15, 0.2) is 11.2 Å². The zero-order chi connectivity index (χ0) is 25.4. The third-order valence-corrected chi connectivity index (χ3v) is 7.06. The summed E-state index contributed by atoms with van der Waals surface area (Å²) in [5, 5.41) is 5.52. The van der Waals surface area contributed by atoms with E-state index in [1.54, 1.807) is 17.8 Å². The second-order valence-corrected chi connectivity index (χ2v) is 9.64. The number of hydrogen-bond acceptors (Lipinski definition) is 7. The lowest BCUT2D eigenvalue weighted by Crippen LogP contribution is -2.44. The minimum absolute atomic E-state index is 0.0833. The fraction of sp³-hybridized carbons (Fsp3) is 0.286. The monoisotopic (exact) mass is 494 g/mol. The van der Waals surface area contributed by atoms with E-state index in [4.69, 9.17) is 15.7 Å². The average Bonchev–Trinajstić information content (AvgIpc) is 3.28. The third-order valence-electron chi connectivity index (χ3n) is 7.06. The molecule has 9 heteroatoms.